The van der Waals surface area contributed by atoms with Crippen molar-refractivity contribution in [1.82, 2.24) is 14.7 Å². The Morgan fingerprint density at radius 1 is 0.879 bits per heavy atom. The molecule has 8 heteroatoms. The zero-order chi connectivity index (χ0) is 22.8. The lowest BCUT2D eigenvalue weighted by Gasteiger charge is -2.38. The Bertz CT molecular complexity index is 1030. The second kappa shape index (κ2) is 9.61. The highest BCUT2D eigenvalue weighted by Crippen LogP contribution is 2.33. The van der Waals surface area contributed by atoms with Gasteiger partial charge in [-0.05, 0) is 42.7 Å². The maximum atomic E-state index is 13.1. The third-order valence-corrected chi connectivity index (χ3v) is 7.09. The maximum Gasteiger partial charge on any atom is 0.255 e. The van der Waals surface area contributed by atoms with Crippen molar-refractivity contribution in [3.8, 4) is 11.5 Å². The number of nitrogens with zero attached hydrogens (tertiary/aromatic N) is 3. The van der Waals surface area contributed by atoms with Crippen LogP contribution in [0.1, 0.15) is 28.8 Å². The van der Waals surface area contributed by atoms with E-state index in [0.29, 0.717) is 36.5 Å². The van der Waals surface area contributed by atoms with E-state index in [-0.39, 0.29) is 24.5 Å². The van der Waals surface area contributed by atoms with Crippen molar-refractivity contribution >= 4 is 23.4 Å². The van der Waals surface area contributed by atoms with E-state index in [0.717, 1.165) is 44.2 Å². The molecular formula is C25H28ClN3O4. The van der Waals surface area contributed by atoms with Gasteiger partial charge in [0.25, 0.3) is 5.91 Å². The largest absolute Gasteiger partial charge is 0.454 e. The number of rotatable bonds is 4. The van der Waals surface area contributed by atoms with Gasteiger partial charge in [-0.25, -0.2) is 0 Å². The van der Waals surface area contributed by atoms with Gasteiger partial charge in [0.2, 0.25) is 12.7 Å². The molecule has 0 spiro atoms. The average molecular weight is 470 g/mol. The summed E-state index contributed by atoms with van der Waals surface area (Å²) in [5.74, 6) is 1.77. The topological polar surface area (TPSA) is 62.3 Å². The molecule has 0 aromatic heterocycles. The van der Waals surface area contributed by atoms with Crippen molar-refractivity contribution in [3.05, 3.63) is 58.6 Å². The van der Waals surface area contributed by atoms with Crippen LogP contribution in [0.5, 0.6) is 11.5 Å². The summed E-state index contributed by atoms with van der Waals surface area (Å²) in [6, 6.07) is 13.2. The number of carbonyl (C=O) groups is 2. The first-order chi connectivity index (χ1) is 16.1. The Kier molecular flexibility index (Phi) is 6.42. The zero-order valence-electron chi connectivity index (χ0n) is 18.5. The smallest absolute Gasteiger partial charge is 0.255 e. The number of hydrogen-bond acceptors (Lipinski definition) is 5. The number of piperidine rings is 1. The predicted octanol–water partition coefficient (Wildman–Crippen LogP) is 3.27. The van der Waals surface area contributed by atoms with Crippen LogP contribution in [0.4, 0.5) is 0 Å². The molecule has 5 rings (SSSR count). The summed E-state index contributed by atoms with van der Waals surface area (Å²) in [5, 5.41) is 0.472. The molecule has 0 atom stereocenters. The van der Waals surface area contributed by atoms with Gasteiger partial charge >= 0.3 is 0 Å². The Morgan fingerprint density at radius 2 is 1.61 bits per heavy atom. The average Bonchev–Trinajstić information content (AvgIpc) is 3.32. The summed E-state index contributed by atoms with van der Waals surface area (Å²) in [7, 11) is 0. The van der Waals surface area contributed by atoms with Crippen LogP contribution in [-0.2, 0) is 11.3 Å². The monoisotopic (exact) mass is 469 g/mol. The van der Waals surface area contributed by atoms with Crippen LogP contribution in [0.3, 0.4) is 0 Å². The SMILES string of the molecule is O=C(c1ccccc1Cl)N1CCC(C(=O)N2CCN(Cc3ccc4c(c3)OCO4)CC2)CC1. The fraction of sp³-hybridized carbons (Fsp3) is 0.440. The van der Waals surface area contributed by atoms with Crippen molar-refractivity contribution in [1.29, 1.82) is 0 Å². The Hall–Kier alpha value is -2.77. The van der Waals surface area contributed by atoms with Gasteiger partial charge in [-0.2, -0.15) is 0 Å². The number of amides is 2. The number of hydrogen-bond donors (Lipinski definition) is 0. The van der Waals surface area contributed by atoms with E-state index in [1.165, 1.54) is 5.56 Å². The molecule has 3 aliphatic rings. The molecule has 0 saturated carbocycles. The van der Waals surface area contributed by atoms with E-state index < -0.39 is 0 Å². The molecule has 2 fully saturated rings. The summed E-state index contributed by atoms with van der Waals surface area (Å²) in [5.41, 5.74) is 1.72. The summed E-state index contributed by atoms with van der Waals surface area (Å²) in [4.78, 5) is 32.0. The van der Waals surface area contributed by atoms with Crippen LogP contribution in [0.2, 0.25) is 5.02 Å². The van der Waals surface area contributed by atoms with E-state index in [9.17, 15) is 9.59 Å². The van der Waals surface area contributed by atoms with Crippen molar-refractivity contribution in [3.63, 3.8) is 0 Å². The minimum absolute atomic E-state index is 0.0132. The Balaban J connectivity index is 1.09. The first-order valence-electron chi connectivity index (χ1n) is 11.5. The fourth-order valence-electron chi connectivity index (χ4n) is 4.82. The Labute approximate surface area is 198 Å². The second-order valence-electron chi connectivity index (χ2n) is 8.84. The predicted molar refractivity (Wildman–Crippen MR) is 125 cm³/mol. The number of ether oxygens (including phenoxy) is 2. The molecule has 33 heavy (non-hydrogen) atoms. The molecule has 2 saturated heterocycles. The number of carbonyl (C=O) groups excluding carboxylic acids is 2. The summed E-state index contributed by atoms with van der Waals surface area (Å²) in [6.45, 7) is 5.47. The number of fused-ring (bicyclic) bond motifs is 1. The molecule has 2 aromatic carbocycles. The molecule has 7 nitrogen and oxygen atoms in total. The molecule has 0 N–H and O–H groups in total. The number of halogens is 1. The van der Waals surface area contributed by atoms with Crippen molar-refractivity contribution in [2.75, 3.05) is 46.1 Å². The van der Waals surface area contributed by atoms with E-state index in [4.69, 9.17) is 21.1 Å². The summed E-state index contributed by atoms with van der Waals surface area (Å²) >= 11 is 6.18. The zero-order valence-corrected chi connectivity index (χ0v) is 19.3. The number of piperazine rings is 1. The lowest BCUT2D eigenvalue weighted by Crippen LogP contribution is -2.51. The normalized spacial score (nSPS) is 19.1. The second-order valence-corrected chi connectivity index (χ2v) is 9.24. The fourth-order valence-corrected chi connectivity index (χ4v) is 5.03. The summed E-state index contributed by atoms with van der Waals surface area (Å²) < 4.78 is 10.9. The van der Waals surface area contributed by atoms with Gasteiger partial charge in [0.05, 0.1) is 10.6 Å². The lowest BCUT2D eigenvalue weighted by atomic mass is 9.94. The number of benzene rings is 2. The minimum atomic E-state index is -0.0522. The Morgan fingerprint density at radius 3 is 2.36 bits per heavy atom. The highest BCUT2D eigenvalue weighted by molar-refractivity contribution is 6.33. The molecule has 2 aromatic rings. The molecule has 0 aliphatic carbocycles. The van der Waals surface area contributed by atoms with Crippen LogP contribution in [0.15, 0.2) is 42.5 Å². The molecule has 174 valence electrons. The maximum absolute atomic E-state index is 13.1. The van der Waals surface area contributed by atoms with Gasteiger partial charge in [0.1, 0.15) is 0 Å². The van der Waals surface area contributed by atoms with E-state index in [1.807, 2.05) is 34.1 Å². The van der Waals surface area contributed by atoms with E-state index in [1.54, 1.807) is 12.1 Å². The molecule has 0 unspecified atom stereocenters. The molecular weight excluding hydrogens is 442 g/mol. The standard InChI is InChI=1S/C25H28ClN3O4/c26-21-4-2-1-3-20(21)25(31)28-9-7-19(8-10-28)24(30)29-13-11-27(12-14-29)16-18-5-6-22-23(15-18)33-17-32-22/h1-6,15,19H,7-14,16-17H2. The number of likely N-dealkylation sites (tertiary alicyclic amines) is 1. The van der Waals surface area contributed by atoms with Crippen LogP contribution in [-0.4, -0.2) is 72.6 Å². The van der Waals surface area contributed by atoms with Gasteiger partial charge in [0, 0.05) is 51.7 Å². The van der Waals surface area contributed by atoms with Crippen LogP contribution < -0.4 is 9.47 Å². The quantitative estimate of drug-likeness (QED) is 0.687. The first kappa shape index (κ1) is 22.0. The van der Waals surface area contributed by atoms with Gasteiger partial charge in [-0.3, -0.25) is 14.5 Å². The molecule has 3 aliphatic heterocycles. The lowest BCUT2D eigenvalue weighted by molar-refractivity contribution is -0.138. The summed E-state index contributed by atoms with van der Waals surface area (Å²) in [6.07, 6.45) is 1.40. The van der Waals surface area contributed by atoms with Crippen molar-refractivity contribution in [2.45, 2.75) is 19.4 Å². The molecule has 0 radical (unpaired) electrons. The van der Waals surface area contributed by atoms with Crippen LogP contribution in [0, 0.1) is 5.92 Å². The van der Waals surface area contributed by atoms with Gasteiger partial charge < -0.3 is 19.3 Å². The first-order valence-corrected chi connectivity index (χ1v) is 11.9. The van der Waals surface area contributed by atoms with Gasteiger partial charge in [-0.1, -0.05) is 29.8 Å². The van der Waals surface area contributed by atoms with Crippen LogP contribution >= 0.6 is 11.6 Å². The van der Waals surface area contributed by atoms with Gasteiger partial charge in [-0.15, -0.1) is 0 Å². The highest BCUT2D eigenvalue weighted by atomic mass is 35.5. The molecule has 3 heterocycles. The van der Waals surface area contributed by atoms with E-state index in [2.05, 4.69) is 11.0 Å². The van der Waals surface area contributed by atoms with Crippen LogP contribution in [0.25, 0.3) is 0 Å². The molecule has 0 bridgehead atoms. The molecule has 2 amide bonds. The van der Waals surface area contributed by atoms with Crippen molar-refractivity contribution in [2.24, 2.45) is 5.92 Å². The van der Waals surface area contributed by atoms with E-state index >= 15 is 0 Å². The van der Waals surface area contributed by atoms with Gasteiger partial charge in [0.15, 0.2) is 11.5 Å². The van der Waals surface area contributed by atoms with Crippen molar-refractivity contribution < 1.29 is 19.1 Å². The third-order valence-electron chi connectivity index (χ3n) is 6.76. The minimum Gasteiger partial charge on any atom is -0.454 e. The highest BCUT2D eigenvalue weighted by Gasteiger charge is 2.32. The third kappa shape index (κ3) is 4.80.